The summed E-state index contributed by atoms with van der Waals surface area (Å²) in [5.41, 5.74) is 7.38. The van der Waals surface area contributed by atoms with E-state index >= 15 is 0 Å². The Bertz CT molecular complexity index is 389. The van der Waals surface area contributed by atoms with Gasteiger partial charge in [0.05, 0.1) is 0 Å². The molecule has 1 aromatic carbocycles. The summed E-state index contributed by atoms with van der Waals surface area (Å²) < 4.78 is 0. The zero-order valence-corrected chi connectivity index (χ0v) is 12.4. The Kier molecular flexibility index (Phi) is 5.64. The van der Waals surface area contributed by atoms with Gasteiger partial charge in [-0.3, -0.25) is 0 Å². The Morgan fingerprint density at radius 3 is 2.53 bits per heavy atom. The molecule has 19 heavy (non-hydrogen) atoms. The van der Waals surface area contributed by atoms with E-state index in [9.17, 15) is 0 Å². The van der Waals surface area contributed by atoms with Crippen molar-refractivity contribution in [2.24, 2.45) is 5.73 Å². The molecule has 1 atom stereocenters. The molecule has 1 heterocycles. The summed E-state index contributed by atoms with van der Waals surface area (Å²) in [6.45, 7) is 9.16. The second kappa shape index (κ2) is 7.25. The van der Waals surface area contributed by atoms with Gasteiger partial charge in [0.2, 0.25) is 0 Å². The second-order valence-corrected chi connectivity index (χ2v) is 5.66. The van der Waals surface area contributed by atoms with E-state index in [0.29, 0.717) is 0 Å². The summed E-state index contributed by atoms with van der Waals surface area (Å²) in [7, 11) is 0. The third kappa shape index (κ3) is 4.46. The van der Waals surface area contributed by atoms with Crippen LogP contribution in [0.15, 0.2) is 24.3 Å². The molecular formula is C15H24ClN3. The van der Waals surface area contributed by atoms with Crippen LogP contribution in [0.4, 0.5) is 0 Å². The number of halogens is 1. The van der Waals surface area contributed by atoms with Crippen LogP contribution in [0.25, 0.3) is 0 Å². The maximum atomic E-state index is 6.24. The van der Waals surface area contributed by atoms with Crippen molar-refractivity contribution < 1.29 is 0 Å². The number of benzene rings is 1. The van der Waals surface area contributed by atoms with Crippen molar-refractivity contribution in [3.05, 3.63) is 34.9 Å². The van der Waals surface area contributed by atoms with Gasteiger partial charge in [-0.1, -0.05) is 30.7 Å². The van der Waals surface area contributed by atoms with Crippen molar-refractivity contribution in [2.75, 3.05) is 39.3 Å². The number of nitrogens with zero attached hydrogens (tertiary/aromatic N) is 2. The summed E-state index contributed by atoms with van der Waals surface area (Å²) in [5.74, 6) is 0. The summed E-state index contributed by atoms with van der Waals surface area (Å²) in [6.07, 6.45) is 0.993. The highest BCUT2D eigenvalue weighted by Gasteiger charge is 2.16. The zero-order chi connectivity index (χ0) is 13.7. The Balaban J connectivity index is 1.76. The first-order valence-electron chi connectivity index (χ1n) is 7.15. The Hall–Kier alpha value is -0.610. The molecule has 1 saturated heterocycles. The van der Waals surface area contributed by atoms with Gasteiger partial charge in [0, 0.05) is 43.8 Å². The first kappa shape index (κ1) is 14.8. The fourth-order valence-corrected chi connectivity index (χ4v) is 2.75. The Morgan fingerprint density at radius 2 is 1.89 bits per heavy atom. The van der Waals surface area contributed by atoms with Crippen molar-refractivity contribution in [1.82, 2.24) is 9.80 Å². The third-order valence-corrected chi connectivity index (χ3v) is 4.18. The van der Waals surface area contributed by atoms with Crippen molar-refractivity contribution in [2.45, 2.75) is 19.4 Å². The quantitative estimate of drug-likeness (QED) is 0.899. The molecule has 1 unspecified atom stereocenters. The number of hydrogen-bond donors (Lipinski definition) is 1. The molecule has 0 saturated carbocycles. The molecule has 2 rings (SSSR count). The van der Waals surface area contributed by atoms with Gasteiger partial charge in [-0.2, -0.15) is 0 Å². The lowest BCUT2D eigenvalue weighted by molar-refractivity contribution is 0.134. The first-order chi connectivity index (χ1) is 9.19. The molecule has 0 spiro atoms. The van der Waals surface area contributed by atoms with Crippen LogP contribution in [0.2, 0.25) is 5.02 Å². The van der Waals surface area contributed by atoms with E-state index in [1.807, 2.05) is 18.2 Å². The summed E-state index contributed by atoms with van der Waals surface area (Å²) >= 11 is 6.00. The van der Waals surface area contributed by atoms with E-state index in [4.69, 9.17) is 17.3 Å². The molecule has 0 aliphatic carbocycles. The van der Waals surface area contributed by atoms with Gasteiger partial charge in [-0.15, -0.1) is 0 Å². The Labute approximate surface area is 121 Å². The van der Waals surface area contributed by atoms with E-state index in [0.717, 1.165) is 43.2 Å². The topological polar surface area (TPSA) is 32.5 Å². The van der Waals surface area contributed by atoms with Crippen LogP contribution in [0.1, 0.15) is 24.9 Å². The fraction of sp³-hybridized carbons (Fsp3) is 0.600. The lowest BCUT2D eigenvalue weighted by Crippen LogP contribution is -2.46. The van der Waals surface area contributed by atoms with E-state index in [2.05, 4.69) is 22.8 Å². The summed E-state index contributed by atoms with van der Waals surface area (Å²) in [6, 6.07) is 7.98. The van der Waals surface area contributed by atoms with Crippen molar-refractivity contribution in [1.29, 1.82) is 0 Å². The number of nitrogens with two attached hydrogens (primary N) is 1. The standard InChI is InChI=1S/C15H24ClN3/c1-2-18-8-10-19(11-9-18)7-6-15(17)13-4-3-5-14(16)12-13/h3-5,12,15H,2,6-11,17H2,1H3. The van der Waals surface area contributed by atoms with Gasteiger partial charge in [-0.05, 0) is 30.7 Å². The van der Waals surface area contributed by atoms with Crippen LogP contribution in [0.5, 0.6) is 0 Å². The van der Waals surface area contributed by atoms with Gasteiger partial charge in [-0.25, -0.2) is 0 Å². The number of likely N-dealkylation sites (N-methyl/N-ethyl adjacent to an activating group) is 1. The third-order valence-electron chi connectivity index (χ3n) is 3.95. The minimum Gasteiger partial charge on any atom is -0.324 e. The van der Waals surface area contributed by atoms with Gasteiger partial charge in [0.1, 0.15) is 0 Å². The minimum atomic E-state index is 0.0860. The largest absolute Gasteiger partial charge is 0.324 e. The number of piperazine rings is 1. The van der Waals surface area contributed by atoms with Crippen molar-refractivity contribution >= 4 is 11.6 Å². The molecular weight excluding hydrogens is 258 g/mol. The minimum absolute atomic E-state index is 0.0860. The summed E-state index contributed by atoms with van der Waals surface area (Å²) in [4.78, 5) is 5.00. The van der Waals surface area contributed by atoms with Gasteiger partial charge in [0.25, 0.3) is 0 Å². The number of rotatable bonds is 5. The van der Waals surface area contributed by atoms with E-state index in [-0.39, 0.29) is 6.04 Å². The first-order valence-corrected chi connectivity index (χ1v) is 7.52. The van der Waals surface area contributed by atoms with Crippen LogP contribution < -0.4 is 5.73 Å². The molecule has 106 valence electrons. The number of hydrogen-bond acceptors (Lipinski definition) is 3. The van der Waals surface area contributed by atoms with Crippen LogP contribution in [-0.4, -0.2) is 49.1 Å². The smallest absolute Gasteiger partial charge is 0.0409 e. The van der Waals surface area contributed by atoms with Crippen LogP contribution in [-0.2, 0) is 0 Å². The highest BCUT2D eigenvalue weighted by atomic mass is 35.5. The molecule has 2 N–H and O–H groups in total. The molecule has 4 heteroatoms. The molecule has 0 radical (unpaired) electrons. The molecule has 1 aliphatic rings. The molecule has 1 fully saturated rings. The molecule has 0 aromatic heterocycles. The van der Waals surface area contributed by atoms with Crippen LogP contribution >= 0.6 is 11.6 Å². The maximum absolute atomic E-state index is 6.24. The molecule has 0 amide bonds. The van der Waals surface area contributed by atoms with E-state index in [1.54, 1.807) is 0 Å². The van der Waals surface area contributed by atoms with E-state index < -0.39 is 0 Å². The second-order valence-electron chi connectivity index (χ2n) is 5.23. The van der Waals surface area contributed by atoms with Gasteiger partial charge in [0.15, 0.2) is 0 Å². The lowest BCUT2D eigenvalue weighted by Gasteiger charge is -2.34. The molecule has 3 nitrogen and oxygen atoms in total. The zero-order valence-electron chi connectivity index (χ0n) is 11.7. The van der Waals surface area contributed by atoms with Crippen molar-refractivity contribution in [3.63, 3.8) is 0 Å². The normalized spacial score (nSPS) is 19.5. The molecule has 1 aromatic rings. The summed E-state index contributed by atoms with van der Waals surface area (Å²) in [5, 5.41) is 0.768. The van der Waals surface area contributed by atoms with Gasteiger partial charge >= 0.3 is 0 Å². The highest BCUT2D eigenvalue weighted by molar-refractivity contribution is 6.30. The fourth-order valence-electron chi connectivity index (χ4n) is 2.55. The van der Waals surface area contributed by atoms with Crippen LogP contribution in [0, 0.1) is 0 Å². The lowest BCUT2D eigenvalue weighted by atomic mass is 10.0. The average molecular weight is 282 g/mol. The van der Waals surface area contributed by atoms with Gasteiger partial charge < -0.3 is 15.5 Å². The highest BCUT2D eigenvalue weighted by Crippen LogP contribution is 2.19. The predicted octanol–water partition coefficient (Wildman–Crippen LogP) is 2.37. The SMILES string of the molecule is CCN1CCN(CCC(N)c2cccc(Cl)c2)CC1. The Morgan fingerprint density at radius 1 is 1.21 bits per heavy atom. The van der Waals surface area contributed by atoms with Crippen molar-refractivity contribution in [3.8, 4) is 0 Å². The molecule has 0 bridgehead atoms. The molecule has 1 aliphatic heterocycles. The maximum Gasteiger partial charge on any atom is 0.0409 e. The van der Waals surface area contributed by atoms with Crippen LogP contribution in [0.3, 0.4) is 0 Å². The monoisotopic (exact) mass is 281 g/mol. The predicted molar refractivity (Wildman–Crippen MR) is 81.6 cm³/mol. The van der Waals surface area contributed by atoms with E-state index in [1.165, 1.54) is 13.1 Å². The average Bonchev–Trinajstić information content (AvgIpc) is 2.45.